The van der Waals surface area contributed by atoms with Gasteiger partial charge in [-0.3, -0.25) is 0 Å². The Morgan fingerprint density at radius 2 is 1.84 bits per heavy atom. The summed E-state index contributed by atoms with van der Waals surface area (Å²) in [5.41, 5.74) is 6.83. The summed E-state index contributed by atoms with van der Waals surface area (Å²) in [4.78, 5) is 4.25. The van der Waals surface area contributed by atoms with Crippen molar-refractivity contribution < 1.29 is 8.78 Å². The van der Waals surface area contributed by atoms with Crippen LogP contribution in [0.5, 0.6) is 0 Å². The molecule has 19 heavy (non-hydrogen) atoms. The third-order valence-electron chi connectivity index (χ3n) is 2.61. The van der Waals surface area contributed by atoms with Gasteiger partial charge in [0.15, 0.2) is 5.13 Å². The fourth-order valence-electron chi connectivity index (χ4n) is 1.72. The van der Waals surface area contributed by atoms with Crippen LogP contribution in [-0.4, -0.2) is 4.98 Å². The van der Waals surface area contributed by atoms with Crippen LogP contribution >= 0.6 is 11.3 Å². The van der Waals surface area contributed by atoms with E-state index in [1.54, 1.807) is 18.2 Å². The van der Waals surface area contributed by atoms with E-state index in [1.807, 2.05) is 0 Å². The quantitative estimate of drug-likeness (QED) is 0.698. The molecule has 0 atom stereocenters. The first-order valence-electron chi connectivity index (χ1n) is 5.50. The lowest BCUT2D eigenvalue weighted by atomic mass is 10.3. The minimum absolute atomic E-state index is 0.200. The summed E-state index contributed by atoms with van der Waals surface area (Å²) in [7, 11) is 0. The van der Waals surface area contributed by atoms with Gasteiger partial charge in [0.05, 0.1) is 10.2 Å². The number of benzene rings is 2. The van der Waals surface area contributed by atoms with Gasteiger partial charge in [0.2, 0.25) is 0 Å². The van der Waals surface area contributed by atoms with Crippen molar-refractivity contribution in [1.82, 2.24) is 4.98 Å². The zero-order valence-corrected chi connectivity index (χ0v) is 10.5. The average molecular weight is 277 g/mol. The summed E-state index contributed by atoms with van der Waals surface area (Å²) in [5, 5.41) is 3.09. The van der Waals surface area contributed by atoms with E-state index < -0.39 is 11.6 Å². The minimum Gasteiger partial charge on any atom is -0.399 e. The minimum atomic E-state index is -0.654. The van der Waals surface area contributed by atoms with Crippen LogP contribution in [0.3, 0.4) is 0 Å². The van der Waals surface area contributed by atoms with Gasteiger partial charge in [0.25, 0.3) is 0 Å². The van der Waals surface area contributed by atoms with E-state index in [2.05, 4.69) is 10.3 Å². The number of halogens is 2. The number of nitrogens with one attached hydrogen (secondary N) is 1. The van der Waals surface area contributed by atoms with E-state index in [0.29, 0.717) is 10.8 Å². The van der Waals surface area contributed by atoms with Crippen molar-refractivity contribution in [2.75, 3.05) is 11.1 Å². The van der Waals surface area contributed by atoms with Crippen LogP contribution in [0.2, 0.25) is 0 Å². The van der Waals surface area contributed by atoms with Gasteiger partial charge in [-0.25, -0.2) is 13.8 Å². The fourth-order valence-corrected chi connectivity index (χ4v) is 2.64. The van der Waals surface area contributed by atoms with Crippen molar-refractivity contribution in [3.05, 3.63) is 48.0 Å². The predicted molar refractivity (Wildman–Crippen MR) is 73.7 cm³/mol. The van der Waals surface area contributed by atoms with Gasteiger partial charge < -0.3 is 11.1 Å². The van der Waals surface area contributed by atoms with E-state index in [1.165, 1.54) is 29.5 Å². The second kappa shape index (κ2) is 4.47. The molecule has 0 bridgehead atoms. The van der Waals surface area contributed by atoms with Gasteiger partial charge in [-0.15, -0.1) is 0 Å². The Morgan fingerprint density at radius 1 is 1.11 bits per heavy atom. The Hall–Kier alpha value is -2.21. The fraction of sp³-hybridized carbons (Fsp3) is 0. The molecule has 3 nitrogen and oxygen atoms in total. The number of rotatable bonds is 2. The number of hydrogen-bond acceptors (Lipinski definition) is 4. The van der Waals surface area contributed by atoms with E-state index in [-0.39, 0.29) is 5.69 Å². The number of nitrogen functional groups attached to an aromatic ring is 1. The normalized spacial score (nSPS) is 10.8. The molecule has 6 heteroatoms. The first-order chi connectivity index (χ1) is 9.13. The second-order valence-corrected chi connectivity index (χ2v) is 5.00. The Balaban J connectivity index is 2.01. The van der Waals surface area contributed by atoms with Crippen LogP contribution in [0, 0.1) is 11.6 Å². The standard InChI is InChI=1S/C13H9F2N3S/c14-8-2-1-3-9(15)12(8)18-13-17-10-5-4-7(16)6-11(10)19-13/h1-6H,16H2,(H,17,18). The average Bonchev–Trinajstić information content (AvgIpc) is 2.75. The second-order valence-electron chi connectivity index (χ2n) is 3.97. The van der Waals surface area contributed by atoms with Crippen LogP contribution in [0.15, 0.2) is 36.4 Å². The Kier molecular flexibility index (Phi) is 2.79. The van der Waals surface area contributed by atoms with Crippen molar-refractivity contribution in [3.63, 3.8) is 0 Å². The molecule has 96 valence electrons. The van der Waals surface area contributed by atoms with Crippen LogP contribution in [-0.2, 0) is 0 Å². The van der Waals surface area contributed by atoms with Gasteiger partial charge in [-0.1, -0.05) is 17.4 Å². The van der Waals surface area contributed by atoms with E-state index in [4.69, 9.17) is 5.73 Å². The lowest BCUT2D eigenvalue weighted by molar-refractivity contribution is 0.591. The molecule has 0 amide bonds. The first-order valence-corrected chi connectivity index (χ1v) is 6.32. The summed E-state index contributed by atoms with van der Waals surface area (Å²) in [6, 6.07) is 8.97. The van der Waals surface area contributed by atoms with Crippen LogP contribution in [0.4, 0.5) is 25.3 Å². The Labute approximate surface area is 111 Å². The van der Waals surface area contributed by atoms with Crippen molar-refractivity contribution in [2.24, 2.45) is 0 Å². The lowest BCUT2D eigenvalue weighted by Gasteiger charge is -2.04. The molecule has 0 aliphatic carbocycles. The van der Waals surface area contributed by atoms with Crippen LogP contribution in [0.1, 0.15) is 0 Å². The smallest absolute Gasteiger partial charge is 0.188 e. The number of hydrogen-bond donors (Lipinski definition) is 2. The van der Waals surface area contributed by atoms with Crippen LogP contribution < -0.4 is 11.1 Å². The molecule has 0 saturated carbocycles. The molecule has 3 N–H and O–H groups in total. The molecule has 0 spiro atoms. The zero-order valence-electron chi connectivity index (χ0n) is 9.65. The third kappa shape index (κ3) is 2.22. The molecule has 0 radical (unpaired) electrons. The van der Waals surface area contributed by atoms with Crippen molar-refractivity contribution in [1.29, 1.82) is 0 Å². The van der Waals surface area contributed by atoms with E-state index in [0.717, 1.165) is 10.2 Å². The molecule has 3 aromatic rings. The highest BCUT2D eigenvalue weighted by atomic mass is 32.1. The molecule has 1 aromatic heterocycles. The third-order valence-corrected chi connectivity index (χ3v) is 3.54. The van der Waals surface area contributed by atoms with Gasteiger partial charge >= 0.3 is 0 Å². The van der Waals surface area contributed by atoms with E-state index >= 15 is 0 Å². The van der Waals surface area contributed by atoms with Crippen molar-refractivity contribution >= 4 is 38.1 Å². The maximum Gasteiger partial charge on any atom is 0.188 e. The lowest BCUT2D eigenvalue weighted by Crippen LogP contribution is -1.96. The molecule has 0 saturated heterocycles. The largest absolute Gasteiger partial charge is 0.399 e. The van der Waals surface area contributed by atoms with Crippen LogP contribution in [0.25, 0.3) is 10.2 Å². The van der Waals surface area contributed by atoms with Crippen molar-refractivity contribution in [3.8, 4) is 0 Å². The summed E-state index contributed by atoms with van der Waals surface area (Å²) in [6.07, 6.45) is 0. The van der Waals surface area contributed by atoms with Gasteiger partial charge in [-0.05, 0) is 30.3 Å². The predicted octanol–water partition coefficient (Wildman–Crippen LogP) is 3.90. The summed E-state index contributed by atoms with van der Waals surface area (Å²) in [6.45, 7) is 0. The number of thiazole rings is 1. The molecule has 0 aliphatic rings. The number of anilines is 3. The summed E-state index contributed by atoms with van der Waals surface area (Å²) < 4.78 is 27.9. The molecule has 3 rings (SSSR count). The maximum atomic E-state index is 13.5. The summed E-state index contributed by atoms with van der Waals surface area (Å²) in [5.74, 6) is -1.31. The molecular formula is C13H9F2N3S. The molecule has 0 fully saturated rings. The maximum absolute atomic E-state index is 13.5. The van der Waals surface area contributed by atoms with Gasteiger partial charge in [0, 0.05) is 5.69 Å². The van der Waals surface area contributed by atoms with Gasteiger partial charge in [-0.2, -0.15) is 0 Å². The number of nitrogens with zero attached hydrogens (tertiary/aromatic N) is 1. The Bertz CT molecular complexity index is 734. The monoisotopic (exact) mass is 277 g/mol. The van der Waals surface area contributed by atoms with E-state index in [9.17, 15) is 8.78 Å². The highest BCUT2D eigenvalue weighted by molar-refractivity contribution is 7.22. The van der Waals surface area contributed by atoms with Gasteiger partial charge in [0.1, 0.15) is 17.3 Å². The topological polar surface area (TPSA) is 50.9 Å². The zero-order chi connectivity index (χ0) is 13.4. The molecular weight excluding hydrogens is 268 g/mol. The SMILES string of the molecule is Nc1ccc2nc(Nc3c(F)cccc3F)sc2c1. The first kappa shape index (κ1) is 11.9. The highest BCUT2D eigenvalue weighted by Crippen LogP contribution is 2.31. The molecule has 0 aliphatic heterocycles. The number of fused-ring (bicyclic) bond motifs is 1. The van der Waals surface area contributed by atoms with Crippen molar-refractivity contribution in [2.45, 2.75) is 0 Å². The molecule has 2 aromatic carbocycles. The highest BCUT2D eigenvalue weighted by Gasteiger charge is 2.11. The number of aromatic nitrogens is 1. The summed E-state index contributed by atoms with van der Waals surface area (Å²) >= 11 is 1.29. The number of nitrogens with two attached hydrogens (primary N) is 1. The number of para-hydroxylation sites is 1. The Morgan fingerprint density at radius 3 is 2.58 bits per heavy atom. The molecule has 1 heterocycles. The molecule has 0 unspecified atom stereocenters.